The van der Waals surface area contributed by atoms with E-state index >= 15 is 0 Å². The molecule has 1 aromatic rings. The summed E-state index contributed by atoms with van der Waals surface area (Å²) in [5, 5.41) is 3.25. The van der Waals surface area contributed by atoms with Crippen LogP contribution in [0.2, 0.25) is 0 Å². The molecular formula is C11H19N3OS. The molecule has 0 saturated heterocycles. The molecule has 0 aliphatic rings. The van der Waals surface area contributed by atoms with Crippen molar-refractivity contribution in [2.75, 3.05) is 30.5 Å². The summed E-state index contributed by atoms with van der Waals surface area (Å²) in [5.41, 5.74) is 0. The first-order chi connectivity index (χ1) is 7.86. The van der Waals surface area contributed by atoms with Crippen molar-refractivity contribution in [1.29, 1.82) is 0 Å². The molecule has 0 bridgehead atoms. The Morgan fingerprint density at radius 2 is 2.31 bits per heavy atom. The molecule has 0 unspecified atom stereocenters. The van der Waals surface area contributed by atoms with Gasteiger partial charge in [0.1, 0.15) is 12.1 Å². The van der Waals surface area contributed by atoms with E-state index in [0.29, 0.717) is 12.5 Å². The predicted octanol–water partition coefficient (Wildman–Crippen LogP) is 2.43. The minimum absolute atomic E-state index is 0.643. The maximum absolute atomic E-state index is 5.43. The third kappa shape index (κ3) is 5.21. The van der Waals surface area contributed by atoms with Crippen LogP contribution in [0.1, 0.15) is 19.8 Å². The maximum Gasteiger partial charge on any atom is 0.218 e. The molecule has 16 heavy (non-hydrogen) atoms. The van der Waals surface area contributed by atoms with Gasteiger partial charge < -0.3 is 10.1 Å². The average molecular weight is 241 g/mol. The number of anilines is 1. The lowest BCUT2D eigenvalue weighted by atomic mass is 10.4. The summed E-state index contributed by atoms with van der Waals surface area (Å²) >= 11 is 1.85. The van der Waals surface area contributed by atoms with E-state index in [1.807, 2.05) is 17.8 Å². The zero-order valence-electron chi connectivity index (χ0n) is 9.90. The van der Waals surface area contributed by atoms with Crippen LogP contribution in [-0.2, 0) is 0 Å². The van der Waals surface area contributed by atoms with Crippen molar-refractivity contribution in [3.8, 4) is 5.88 Å². The Hall–Kier alpha value is -0.970. The normalized spacial score (nSPS) is 10.1. The summed E-state index contributed by atoms with van der Waals surface area (Å²) in [4.78, 5) is 8.18. The summed E-state index contributed by atoms with van der Waals surface area (Å²) in [6.45, 7) is 3.71. The monoisotopic (exact) mass is 241 g/mol. The van der Waals surface area contributed by atoms with Crippen LogP contribution in [0.15, 0.2) is 12.4 Å². The fourth-order valence-electron chi connectivity index (χ4n) is 1.15. The van der Waals surface area contributed by atoms with Gasteiger partial charge >= 0.3 is 0 Å². The van der Waals surface area contributed by atoms with Crippen LogP contribution >= 0.6 is 11.8 Å². The molecule has 0 saturated carbocycles. The van der Waals surface area contributed by atoms with Gasteiger partial charge in [-0.15, -0.1) is 0 Å². The second-order valence-corrected chi connectivity index (χ2v) is 4.35. The summed E-state index contributed by atoms with van der Waals surface area (Å²) < 4.78 is 5.43. The minimum atomic E-state index is 0.643. The molecule has 0 aliphatic heterocycles. The van der Waals surface area contributed by atoms with Crippen LogP contribution in [0.5, 0.6) is 5.88 Å². The average Bonchev–Trinajstić information content (AvgIpc) is 2.33. The SMILES string of the molecule is CCCOc1cc(NCCCSC)ncn1. The number of nitrogens with zero attached hydrogens (tertiary/aromatic N) is 2. The number of rotatable bonds is 8. The predicted molar refractivity (Wildman–Crippen MR) is 69.3 cm³/mol. The number of hydrogen-bond acceptors (Lipinski definition) is 5. The molecule has 1 rings (SSSR count). The number of ether oxygens (including phenoxy) is 1. The highest BCUT2D eigenvalue weighted by atomic mass is 32.2. The van der Waals surface area contributed by atoms with Gasteiger partial charge in [-0.1, -0.05) is 6.92 Å². The highest BCUT2D eigenvalue weighted by molar-refractivity contribution is 7.98. The molecule has 0 amide bonds. The second-order valence-electron chi connectivity index (χ2n) is 3.36. The van der Waals surface area contributed by atoms with Gasteiger partial charge in [0.2, 0.25) is 5.88 Å². The molecular weight excluding hydrogens is 222 g/mol. The van der Waals surface area contributed by atoms with Gasteiger partial charge in [-0.05, 0) is 24.9 Å². The Labute approximate surface area is 101 Å². The van der Waals surface area contributed by atoms with E-state index in [0.717, 1.165) is 31.0 Å². The van der Waals surface area contributed by atoms with E-state index in [2.05, 4.69) is 28.5 Å². The van der Waals surface area contributed by atoms with Crippen molar-refractivity contribution in [2.24, 2.45) is 0 Å². The fraction of sp³-hybridized carbons (Fsp3) is 0.636. The van der Waals surface area contributed by atoms with Gasteiger partial charge in [0.15, 0.2) is 0 Å². The molecule has 0 fully saturated rings. The van der Waals surface area contributed by atoms with Crippen molar-refractivity contribution < 1.29 is 4.74 Å². The summed E-state index contributed by atoms with van der Waals surface area (Å²) in [7, 11) is 0. The Balaban J connectivity index is 2.35. The Morgan fingerprint density at radius 1 is 1.44 bits per heavy atom. The van der Waals surface area contributed by atoms with Gasteiger partial charge in [-0.25, -0.2) is 9.97 Å². The van der Waals surface area contributed by atoms with Gasteiger partial charge in [0, 0.05) is 12.6 Å². The Kier molecular flexibility index (Phi) is 6.72. The largest absolute Gasteiger partial charge is 0.478 e. The summed E-state index contributed by atoms with van der Waals surface area (Å²) in [6.07, 6.45) is 5.76. The molecule has 1 aromatic heterocycles. The van der Waals surface area contributed by atoms with E-state index in [1.165, 1.54) is 6.33 Å². The molecule has 0 aromatic carbocycles. The van der Waals surface area contributed by atoms with Crippen LogP contribution in [0, 0.1) is 0 Å². The van der Waals surface area contributed by atoms with Crippen molar-refractivity contribution in [3.63, 3.8) is 0 Å². The molecule has 0 atom stereocenters. The van der Waals surface area contributed by atoms with Gasteiger partial charge in [-0.2, -0.15) is 11.8 Å². The van der Waals surface area contributed by atoms with E-state index in [1.54, 1.807) is 0 Å². The molecule has 0 radical (unpaired) electrons. The number of nitrogens with one attached hydrogen (secondary N) is 1. The molecule has 4 nitrogen and oxygen atoms in total. The first-order valence-corrected chi connectivity index (χ1v) is 6.94. The molecule has 1 N–H and O–H groups in total. The van der Waals surface area contributed by atoms with Crippen LogP contribution in [-0.4, -0.2) is 35.1 Å². The summed E-state index contributed by atoms with van der Waals surface area (Å²) in [5.74, 6) is 2.64. The lowest BCUT2D eigenvalue weighted by molar-refractivity contribution is 0.305. The van der Waals surface area contributed by atoms with E-state index in [4.69, 9.17) is 4.74 Å². The van der Waals surface area contributed by atoms with Crippen LogP contribution in [0.4, 0.5) is 5.82 Å². The second kappa shape index (κ2) is 8.21. The molecule has 0 spiro atoms. The molecule has 0 aliphatic carbocycles. The van der Waals surface area contributed by atoms with Gasteiger partial charge in [0.05, 0.1) is 6.61 Å². The van der Waals surface area contributed by atoms with Gasteiger partial charge in [-0.3, -0.25) is 0 Å². The number of thioether (sulfide) groups is 1. The third-order valence-electron chi connectivity index (χ3n) is 1.93. The van der Waals surface area contributed by atoms with E-state index < -0.39 is 0 Å². The van der Waals surface area contributed by atoms with Crippen LogP contribution < -0.4 is 10.1 Å². The molecule has 1 heterocycles. The maximum atomic E-state index is 5.43. The third-order valence-corrected chi connectivity index (χ3v) is 2.62. The lowest BCUT2D eigenvalue weighted by Gasteiger charge is -2.07. The van der Waals surface area contributed by atoms with Crippen molar-refractivity contribution >= 4 is 17.6 Å². The Morgan fingerprint density at radius 3 is 3.06 bits per heavy atom. The smallest absolute Gasteiger partial charge is 0.218 e. The van der Waals surface area contributed by atoms with E-state index in [-0.39, 0.29) is 0 Å². The standard InChI is InChI=1S/C11H19N3OS/c1-3-6-15-11-8-10(13-9-14-11)12-5-4-7-16-2/h8-9H,3-7H2,1-2H3,(H,12,13,14). The number of aromatic nitrogens is 2. The van der Waals surface area contributed by atoms with Crippen LogP contribution in [0.25, 0.3) is 0 Å². The topological polar surface area (TPSA) is 47.0 Å². The molecule has 90 valence electrons. The quantitative estimate of drug-likeness (QED) is 0.708. The van der Waals surface area contributed by atoms with Crippen LogP contribution in [0.3, 0.4) is 0 Å². The Bertz CT molecular complexity index is 296. The zero-order valence-corrected chi connectivity index (χ0v) is 10.7. The lowest BCUT2D eigenvalue weighted by Crippen LogP contribution is -2.05. The fourth-order valence-corrected chi connectivity index (χ4v) is 1.59. The van der Waals surface area contributed by atoms with Gasteiger partial charge in [0.25, 0.3) is 0 Å². The highest BCUT2D eigenvalue weighted by Crippen LogP contribution is 2.11. The van der Waals surface area contributed by atoms with Crippen molar-refractivity contribution in [2.45, 2.75) is 19.8 Å². The first kappa shape index (κ1) is 13.1. The zero-order chi connectivity index (χ0) is 11.6. The highest BCUT2D eigenvalue weighted by Gasteiger charge is 1.98. The molecule has 5 heteroatoms. The summed E-state index contributed by atoms with van der Waals surface area (Å²) in [6, 6.07) is 1.84. The van der Waals surface area contributed by atoms with Crippen molar-refractivity contribution in [1.82, 2.24) is 9.97 Å². The van der Waals surface area contributed by atoms with E-state index in [9.17, 15) is 0 Å². The number of hydrogen-bond donors (Lipinski definition) is 1. The minimum Gasteiger partial charge on any atom is -0.478 e. The first-order valence-electron chi connectivity index (χ1n) is 5.54. The van der Waals surface area contributed by atoms with Crippen molar-refractivity contribution in [3.05, 3.63) is 12.4 Å².